The van der Waals surface area contributed by atoms with E-state index < -0.39 is 0 Å². The normalized spacial score (nSPS) is 14.7. The van der Waals surface area contributed by atoms with E-state index in [-0.39, 0.29) is 0 Å². The molecule has 2 rings (SSSR count). The summed E-state index contributed by atoms with van der Waals surface area (Å²) in [5.74, 6) is 1.49. The molecular weight excluding hydrogens is 272 g/mol. The minimum Gasteiger partial charge on any atom is -0.282 e. The molecular formula is C18H30N4. The lowest BCUT2D eigenvalue weighted by molar-refractivity contribution is 0.506. The molecule has 0 aliphatic carbocycles. The molecule has 0 amide bonds. The van der Waals surface area contributed by atoms with Crippen molar-refractivity contribution in [3.8, 4) is 0 Å². The second kappa shape index (κ2) is 7.12. The molecule has 4 nitrogen and oxygen atoms in total. The average molecular weight is 302 g/mol. The van der Waals surface area contributed by atoms with Gasteiger partial charge in [0.05, 0.1) is 11.4 Å². The predicted octanol–water partition coefficient (Wildman–Crippen LogP) is 5.00. The lowest BCUT2D eigenvalue weighted by Gasteiger charge is -2.13. The van der Waals surface area contributed by atoms with Crippen molar-refractivity contribution in [3.05, 3.63) is 35.4 Å². The molecule has 0 radical (unpaired) electrons. The summed E-state index contributed by atoms with van der Waals surface area (Å²) in [7, 11) is 0. The number of rotatable bonds is 7. The maximum Gasteiger partial charge on any atom is 0.0652 e. The van der Waals surface area contributed by atoms with Gasteiger partial charge in [-0.1, -0.05) is 27.7 Å². The molecule has 2 heterocycles. The lowest BCUT2D eigenvalue weighted by Crippen LogP contribution is -2.04. The van der Waals surface area contributed by atoms with Crippen LogP contribution in [0.3, 0.4) is 0 Å². The molecule has 0 bridgehead atoms. The molecule has 0 spiro atoms. The van der Waals surface area contributed by atoms with Gasteiger partial charge in [0.25, 0.3) is 0 Å². The van der Waals surface area contributed by atoms with Gasteiger partial charge >= 0.3 is 0 Å². The number of H-pyrrole nitrogens is 1. The van der Waals surface area contributed by atoms with Crippen molar-refractivity contribution < 1.29 is 0 Å². The molecule has 0 saturated carbocycles. The van der Waals surface area contributed by atoms with E-state index >= 15 is 0 Å². The third-order valence-electron chi connectivity index (χ3n) is 4.44. The molecule has 0 aromatic carbocycles. The Labute approximate surface area is 134 Å². The second-order valence-electron chi connectivity index (χ2n) is 7.10. The van der Waals surface area contributed by atoms with Crippen LogP contribution < -0.4 is 0 Å². The molecule has 0 aliphatic heterocycles. The number of hydrogen-bond acceptors (Lipinski definition) is 2. The smallest absolute Gasteiger partial charge is 0.0652 e. The van der Waals surface area contributed by atoms with Gasteiger partial charge in [0, 0.05) is 23.9 Å². The van der Waals surface area contributed by atoms with Gasteiger partial charge in [-0.05, 0) is 50.7 Å². The van der Waals surface area contributed by atoms with Crippen LogP contribution in [0.25, 0.3) is 0 Å². The SMILES string of the molecule is CC(C)c1cc(C(C)CCC(C)c2ccn(C(C)C)n2)[nH]n1. The van der Waals surface area contributed by atoms with E-state index in [1.54, 1.807) is 0 Å². The second-order valence-corrected chi connectivity index (χ2v) is 7.10. The van der Waals surface area contributed by atoms with Gasteiger partial charge in [-0.3, -0.25) is 9.78 Å². The van der Waals surface area contributed by atoms with Crippen LogP contribution in [-0.4, -0.2) is 20.0 Å². The van der Waals surface area contributed by atoms with E-state index in [9.17, 15) is 0 Å². The minimum absolute atomic E-state index is 0.430. The minimum atomic E-state index is 0.430. The molecule has 2 aromatic heterocycles. The summed E-state index contributed by atoms with van der Waals surface area (Å²) in [6, 6.07) is 4.80. The zero-order chi connectivity index (χ0) is 16.3. The maximum absolute atomic E-state index is 4.68. The first-order valence-electron chi connectivity index (χ1n) is 8.48. The lowest BCUT2D eigenvalue weighted by atomic mass is 9.93. The summed E-state index contributed by atoms with van der Waals surface area (Å²) in [6.45, 7) is 13.2. The number of aromatic nitrogens is 4. The fraction of sp³-hybridized carbons (Fsp3) is 0.667. The number of nitrogens with zero attached hydrogens (tertiary/aromatic N) is 3. The van der Waals surface area contributed by atoms with Crippen LogP contribution in [0.2, 0.25) is 0 Å². The summed E-state index contributed by atoms with van der Waals surface area (Å²) in [5.41, 5.74) is 3.61. The average Bonchev–Trinajstić information content (AvgIpc) is 3.12. The first-order valence-corrected chi connectivity index (χ1v) is 8.48. The van der Waals surface area contributed by atoms with E-state index in [0.717, 1.165) is 18.5 Å². The molecule has 4 heteroatoms. The molecule has 2 atom stereocenters. The van der Waals surface area contributed by atoms with Gasteiger partial charge < -0.3 is 0 Å². The highest BCUT2D eigenvalue weighted by atomic mass is 15.3. The molecule has 1 N–H and O–H groups in total. The predicted molar refractivity (Wildman–Crippen MR) is 91.4 cm³/mol. The zero-order valence-corrected chi connectivity index (χ0v) is 14.8. The standard InChI is InChI=1S/C18H30N4/c1-12(2)17-11-18(20-19-17)15(6)8-7-14(5)16-9-10-22(21-16)13(3)4/h9-15H,7-8H2,1-6H3,(H,19,20). The highest BCUT2D eigenvalue weighted by Crippen LogP contribution is 2.27. The maximum atomic E-state index is 4.68. The van der Waals surface area contributed by atoms with Gasteiger partial charge in [-0.15, -0.1) is 0 Å². The largest absolute Gasteiger partial charge is 0.282 e. The zero-order valence-electron chi connectivity index (χ0n) is 14.8. The summed E-state index contributed by atoms with van der Waals surface area (Å²) in [5, 5.41) is 12.3. The van der Waals surface area contributed by atoms with E-state index in [0.29, 0.717) is 23.8 Å². The van der Waals surface area contributed by atoms with Crippen molar-refractivity contribution in [1.82, 2.24) is 20.0 Å². The van der Waals surface area contributed by atoms with Crippen LogP contribution in [0.5, 0.6) is 0 Å². The van der Waals surface area contributed by atoms with Gasteiger partial charge in [0.2, 0.25) is 0 Å². The van der Waals surface area contributed by atoms with Crippen LogP contribution in [0, 0.1) is 0 Å². The van der Waals surface area contributed by atoms with Gasteiger partial charge in [0.15, 0.2) is 0 Å². The van der Waals surface area contributed by atoms with E-state index in [1.165, 1.54) is 11.4 Å². The monoisotopic (exact) mass is 302 g/mol. The van der Waals surface area contributed by atoms with Gasteiger partial charge in [-0.2, -0.15) is 10.2 Å². The van der Waals surface area contributed by atoms with Crippen LogP contribution >= 0.6 is 0 Å². The molecule has 0 aliphatic rings. The van der Waals surface area contributed by atoms with E-state index in [1.807, 2.05) is 4.68 Å². The fourth-order valence-electron chi connectivity index (χ4n) is 2.61. The van der Waals surface area contributed by atoms with E-state index in [4.69, 9.17) is 0 Å². The Morgan fingerprint density at radius 2 is 1.68 bits per heavy atom. The third kappa shape index (κ3) is 3.99. The van der Waals surface area contributed by atoms with Crippen molar-refractivity contribution in [2.75, 3.05) is 0 Å². The van der Waals surface area contributed by atoms with Crippen LogP contribution in [-0.2, 0) is 0 Å². The molecule has 2 unspecified atom stereocenters. The van der Waals surface area contributed by atoms with Crippen molar-refractivity contribution in [2.24, 2.45) is 0 Å². The Balaban J connectivity index is 1.90. The summed E-state index contributed by atoms with van der Waals surface area (Å²) in [4.78, 5) is 0. The Kier molecular flexibility index (Phi) is 5.43. The van der Waals surface area contributed by atoms with Crippen molar-refractivity contribution in [3.63, 3.8) is 0 Å². The molecule has 0 saturated heterocycles. The number of nitrogens with one attached hydrogen (secondary N) is 1. The van der Waals surface area contributed by atoms with Gasteiger partial charge in [0.1, 0.15) is 0 Å². The topological polar surface area (TPSA) is 46.5 Å². The summed E-state index contributed by atoms with van der Waals surface area (Å²) in [6.07, 6.45) is 4.38. The van der Waals surface area contributed by atoms with E-state index in [2.05, 4.69) is 75.2 Å². The Bertz CT molecular complexity index is 527. The van der Waals surface area contributed by atoms with Crippen LogP contribution in [0.4, 0.5) is 0 Å². The first kappa shape index (κ1) is 16.8. The highest BCUT2D eigenvalue weighted by Gasteiger charge is 2.15. The van der Waals surface area contributed by atoms with Crippen molar-refractivity contribution in [1.29, 1.82) is 0 Å². The summed E-state index contributed by atoms with van der Waals surface area (Å²) >= 11 is 0. The third-order valence-corrected chi connectivity index (χ3v) is 4.44. The molecule has 0 fully saturated rings. The van der Waals surface area contributed by atoms with Gasteiger partial charge in [-0.25, -0.2) is 0 Å². The van der Waals surface area contributed by atoms with Crippen LogP contribution in [0.15, 0.2) is 18.3 Å². The molecule has 2 aromatic rings. The van der Waals surface area contributed by atoms with Crippen molar-refractivity contribution >= 4 is 0 Å². The Hall–Kier alpha value is -1.58. The quantitative estimate of drug-likeness (QED) is 0.782. The number of hydrogen-bond donors (Lipinski definition) is 1. The molecule has 22 heavy (non-hydrogen) atoms. The first-order chi connectivity index (χ1) is 10.4. The fourth-order valence-corrected chi connectivity index (χ4v) is 2.61. The molecule has 122 valence electrons. The summed E-state index contributed by atoms with van der Waals surface area (Å²) < 4.78 is 2.04. The van der Waals surface area contributed by atoms with Crippen LogP contribution in [0.1, 0.15) is 95.3 Å². The highest BCUT2D eigenvalue weighted by molar-refractivity contribution is 5.15. The number of aromatic amines is 1. The Morgan fingerprint density at radius 1 is 1.00 bits per heavy atom. The van der Waals surface area contributed by atoms with Crippen molar-refractivity contribution in [2.45, 2.75) is 78.2 Å². The Morgan fingerprint density at radius 3 is 2.23 bits per heavy atom.